The van der Waals surface area contributed by atoms with Crippen molar-refractivity contribution in [2.24, 2.45) is 0 Å². The van der Waals surface area contributed by atoms with E-state index in [-0.39, 0.29) is 11.3 Å². The molecule has 0 aromatic heterocycles. The summed E-state index contributed by atoms with van der Waals surface area (Å²) in [6.45, 7) is 3.79. The second-order valence-electron chi connectivity index (χ2n) is 7.68. The standard InChI is InChI=1S/C26H23ClN2O4/c1-15-5-8-17(9-6-15)23-24(28-20-12-11-19(32-3)14-22(20)33-4)26(31)29(25(23)30)21-13-18(27)10-7-16(21)2/h5-14,28H,1-4H3. The fourth-order valence-electron chi connectivity index (χ4n) is 3.71. The molecule has 33 heavy (non-hydrogen) atoms. The average Bonchev–Trinajstić information content (AvgIpc) is 3.05. The molecule has 2 amide bonds. The van der Waals surface area contributed by atoms with Gasteiger partial charge in [0, 0.05) is 11.1 Å². The van der Waals surface area contributed by atoms with Gasteiger partial charge in [0.25, 0.3) is 11.8 Å². The second-order valence-corrected chi connectivity index (χ2v) is 8.12. The summed E-state index contributed by atoms with van der Waals surface area (Å²) in [4.78, 5) is 28.4. The molecule has 0 fully saturated rings. The minimum Gasteiger partial charge on any atom is -0.497 e. The summed E-state index contributed by atoms with van der Waals surface area (Å²) in [6.07, 6.45) is 0. The van der Waals surface area contributed by atoms with E-state index in [1.54, 1.807) is 43.5 Å². The largest absolute Gasteiger partial charge is 0.497 e. The van der Waals surface area contributed by atoms with Gasteiger partial charge in [-0.2, -0.15) is 0 Å². The lowest BCUT2D eigenvalue weighted by molar-refractivity contribution is -0.120. The molecule has 6 nitrogen and oxygen atoms in total. The Morgan fingerprint density at radius 3 is 2.24 bits per heavy atom. The Bertz CT molecular complexity index is 1280. The van der Waals surface area contributed by atoms with Crippen LogP contribution in [0.4, 0.5) is 11.4 Å². The number of carbonyl (C=O) groups excluding carboxylic acids is 2. The molecule has 0 aliphatic carbocycles. The third-order valence-electron chi connectivity index (χ3n) is 5.50. The van der Waals surface area contributed by atoms with Gasteiger partial charge in [-0.25, -0.2) is 4.90 Å². The predicted octanol–water partition coefficient (Wildman–Crippen LogP) is 5.37. The molecule has 0 spiro atoms. The van der Waals surface area contributed by atoms with Gasteiger partial charge in [-0.05, 0) is 49.2 Å². The molecule has 1 aliphatic heterocycles. The van der Waals surface area contributed by atoms with Crippen LogP contribution >= 0.6 is 11.6 Å². The Morgan fingerprint density at radius 2 is 1.58 bits per heavy atom. The van der Waals surface area contributed by atoms with Crippen molar-refractivity contribution in [2.75, 3.05) is 24.4 Å². The number of carbonyl (C=O) groups is 2. The first-order valence-corrected chi connectivity index (χ1v) is 10.7. The van der Waals surface area contributed by atoms with Crippen molar-refractivity contribution in [1.29, 1.82) is 0 Å². The number of rotatable bonds is 6. The number of hydrogen-bond donors (Lipinski definition) is 1. The van der Waals surface area contributed by atoms with E-state index < -0.39 is 11.8 Å². The lowest BCUT2D eigenvalue weighted by Gasteiger charge is -2.18. The Morgan fingerprint density at radius 1 is 0.848 bits per heavy atom. The molecule has 7 heteroatoms. The highest BCUT2D eigenvalue weighted by molar-refractivity contribution is 6.46. The lowest BCUT2D eigenvalue weighted by Crippen LogP contribution is -2.33. The molecule has 168 valence electrons. The first kappa shape index (κ1) is 22.4. The van der Waals surface area contributed by atoms with Crippen molar-refractivity contribution >= 4 is 40.4 Å². The number of imide groups is 1. The first-order chi connectivity index (χ1) is 15.8. The Labute approximate surface area is 197 Å². The monoisotopic (exact) mass is 462 g/mol. The van der Waals surface area contributed by atoms with E-state index in [4.69, 9.17) is 21.1 Å². The molecule has 0 unspecified atom stereocenters. The van der Waals surface area contributed by atoms with E-state index in [9.17, 15) is 9.59 Å². The smallest absolute Gasteiger partial charge is 0.282 e. The van der Waals surface area contributed by atoms with Crippen molar-refractivity contribution in [1.82, 2.24) is 0 Å². The van der Waals surface area contributed by atoms with Crippen LogP contribution in [-0.4, -0.2) is 26.0 Å². The van der Waals surface area contributed by atoms with Gasteiger partial charge in [-0.15, -0.1) is 0 Å². The van der Waals surface area contributed by atoms with E-state index >= 15 is 0 Å². The zero-order valence-electron chi connectivity index (χ0n) is 18.7. The molecular weight excluding hydrogens is 440 g/mol. The summed E-state index contributed by atoms with van der Waals surface area (Å²) in [5.41, 5.74) is 3.85. The Kier molecular flexibility index (Phi) is 6.11. The number of ether oxygens (including phenoxy) is 2. The summed E-state index contributed by atoms with van der Waals surface area (Å²) in [7, 11) is 3.09. The molecule has 1 heterocycles. The molecule has 3 aromatic carbocycles. The number of benzene rings is 3. The molecule has 0 bridgehead atoms. The molecule has 0 saturated carbocycles. The third kappa shape index (κ3) is 4.17. The number of nitrogens with zero attached hydrogens (tertiary/aromatic N) is 1. The fraction of sp³-hybridized carbons (Fsp3) is 0.154. The topological polar surface area (TPSA) is 67.9 Å². The molecule has 0 atom stereocenters. The molecular formula is C26H23ClN2O4. The first-order valence-electron chi connectivity index (χ1n) is 10.3. The molecule has 1 aliphatic rings. The van der Waals surface area contributed by atoms with Gasteiger partial charge in [-0.3, -0.25) is 9.59 Å². The molecule has 4 rings (SSSR count). The van der Waals surface area contributed by atoms with Gasteiger partial charge < -0.3 is 14.8 Å². The van der Waals surface area contributed by atoms with Gasteiger partial charge >= 0.3 is 0 Å². The highest BCUT2D eigenvalue weighted by atomic mass is 35.5. The minimum absolute atomic E-state index is 0.159. The summed E-state index contributed by atoms with van der Waals surface area (Å²) < 4.78 is 10.7. The summed E-state index contributed by atoms with van der Waals surface area (Å²) in [5, 5.41) is 3.58. The SMILES string of the molecule is COc1ccc(NC2=C(c3ccc(C)cc3)C(=O)N(c3cc(Cl)ccc3C)C2=O)c(OC)c1. The zero-order valence-corrected chi connectivity index (χ0v) is 19.5. The van der Waals surface area contributed by atoms with Crippen molar-refractivity contribution in [3.05, 3.63) is 88.1 Å². The second kappa shape index (κ2) is 9.00. The van der Waals surface area contributed by atoms with E-state index in [1.165, 1.54) is 7.11 Å². The number of aryl methyl sites for hydroxylation is 2. The van der Waals surface area contributed by atoms with Crippen molar-refractivity contribution in [3.63, 3.8) is 0 Å². The third-order valence-corrected chi connectivity index (χ3v) is 5.74. The van der Waals surface area contributed by atoms with E-state index in [1.807, 2.05) is 38.1 Å². The van der Waals surface area contributed by atoms with Crippen molar-refractivity contribution in [3.8, 4) is 11.5 Å². The van der Waals surface area contributed by atoms with Crippen LogP contribution in [0, 0.1) is 13.8 Å². The number of hydrogen-bond acceptors (Lipinski definition) is 5. The fourth-order valence-corrected chi connectivity index (χ4v) is 3.88. The number of amides is 2. The number of methoxy groups -OCH3 is 2. The Hall–Kier alpha value is -3.77. The van der Waals surface area contributed by atoms with E-state index in [0.717, 1.165) is 16.0 Å². The van der Waals surface area contributed by atoms with E-state index in [0.29, 0.717) is 33.5 Å². The summed E-state index contributed by atoms with van der Waals surface area (Å²) in [5.74, 6) is 0.181. The zero-order chi connectivity index (χ0) is 23.7. The molecule has 0 radical (unpaired) electrons. The van der Waals surface area contributed by atoms with Crippen LogP contribution in [0.3, 0.4) is 0 Å². The molecule has 1 N–H and O–H groups in total. The molecule has 0 saturated heterocycles. The van der Waals surface area contributed by atoms with Crippen LogP contribution in [0.1, 0.15) is 16.7 Å². The minimum atomic E-state index is -0.473. The van der Waals surface area contributed by atoms with Crippen LogP contribution in [0.5, 0.6) is 11.5 Å². The average molecular weight is 463 g/mol. The number of anilines is 2. The normalized spacial score (nSPS) is 13.5. The highest BCUT2D eigenvalue weighted by Gasteiger charge is 2.41. The van der Waals surface area contributed by atoms with Crippen molar-refractivity contribution < 1.29 is 19.1 Å². The van der Waals surface area contributed by atoms with Gasteiger partial charge in [0.1, 0.15) is 17.2 Å². The van der Waals surface area contributed by atoms with Crippen LogP contribution in [0.2, 0.25) is 5.02 Å². The summed E-state index contributed by atoms with van der Waals surface area (Å²) in [6, 6.07) is 17.8. The maximum Gasteiger partial charge on any atom is 0.282 e. The molecule has 3 aromatic rings. The lowest BCUT2D eigenvalue weighted by atomic mass is 10.0. The quantitative estimate of drug-likeness (QED) is 0.499. The van der Waals surface area contributed by atoms with Gasteiger partial charge in [0.2, 0.25) is 0 Å². The Balaban J connectivity index is 1.86. The number of nitrogens with one attached hydrogen (secondary N) is 1. The van der Waals surface area contributed by atoms with Gasteiger partial charge in [-0.1, -0.05) is 47.5 Å². The van der Waals surface area contributed by atoms with Gasteiger partial charge in [0.15, 0.2) is 0 Å². The summed E-state index contributed by atoms with van der Waals surface area (Å²) >= 11 is 6.19. The van der Waals surface area contributed by atoms with E-state index in [2.05, 4.69) is 5.32 Å². The van der Waals surface area contributed by atoms with Crippen LogP contribution < -0.4 is 19.7 Å². The van der Waals surface area contributed by atoms with Crippen LogP contribution in [0.25, 0.3) is 5.57 Å². The van der Waals surface area contributed by atoms with Crippen molar-refractivity contribution in [2.45, 2.75) is 13.8 Å². The highest BCUT2D eigenvalue weighted by Crippen LogP contribution is 2.38. The predicted molar refractivity (Wildman–Crippen MR) is 130 cm³/mol. The van der Waals surface area contributed by atoms with Crippen LogP contribution in [-0.2, 0) is 9.59 Å². The van der Waals surface area contributed by atoms with Gasteiger partial charge in [0.05, 0.1) is 31.2 Å². The van der Waals surface area contributed by atoms with Crippen LogP contribution in [0.15, 0.2) is 66.4 Å². The maximum atomic E-state index is 13.6. The maximum absolute atomic E-state index is 13.6. The number of halogens is 1.